The minimum Gasteiger partial charge on any atom is -0.310 e. The van der Waals surface area contributed by atoms with E-state index in [1.165, 1.54) is 92.8 Å². The summed E-state index contributed by atoms with van der Waals surface area (Å²) in [5, 5.41) is 0. The highest BCUT2D eigenvalue weighted by molar-refractivity contribution is 5.94. The highest BCUT2D eigenvalue weighted by Crippen LogP contribution is 2.54. The molecule has 1 nitrogen and oxygen atoms in total. The largest absolute Gasteiger partial charge is 0.310 e. The summed E-state index contributed by atoms with van der Waals surface area (Å²) in [4.78, 5) is 2.50. The summed E-state index contributed by atoms with van der Waals surface area (Å²) in [5.41, 5.74) is 15.5. The van der Waals surface area contributed by atoms with Gasteiger partial charge in [0.05, 0.1) is 5.69 Å². The van der Waals surface area contributed by atoms with Crippen LogP contribution >= 0.6 is 0 Å². The lowest BCUT2D eigenvalue weighted by Gasteiger charge is -2.30. The van der Waals surface area contributed by atoms with Crippen molar-refractivity contribution in [3.05, 3.63) is 162 Å². The molecule has 2 bridgehead atoms. The van der Waals surface area contributed by atoms with Crippen LogP contribution in [0.25, 0.3) is 33.4 Å². The Morgan fingerprint density at radius 2 is 1.15 bits per heavy atom. The Labute approximate surface area is 279 Å². The van der Waals surface area contributed by atoms with Crippen LogP contribution in [0.15, 0.2) is 146 Å². The number of benzene rings is 6. The number of anilines is 3. The van der Waals surface area contributed by atoms with E-state index in [-0.39, 0.29) is 5.41 Å². The molecule has 0 radical (unpaired) electrons. The fourth-order valence-electron chi connectivity index (χ4n) is 9.27. The summed E-state index contributed by atoms with van der Waals surface area (Å²) in [7, 11) is 0. The lowest BCUT2D eigenvalue weighted by molar-refractivity contribution is 0.420. The molecule has 0 amide bonds. The maximum atomic E-state index is 2.50. The Morgan fingerprint density at radius 1 is 0.511 bits per heavy atom. The average Bonchev–Trinajstić information content (AvgIpc) is 3.82. The summed E-state index contributed by atoms with van der Waals surface area (Å²) >= 11 is 0. The van der Waals surface area contributed by atoms with Crippen molar-refractivity contribution >= 4 is 17.1 Å². The first kappa shape index (κ1) is 28.4. The van der Waals surface area contributed by atoms with Gasteiger partial charge in [-0.15, -0.1) is 0 Å². The number of para-hydroxylation sites is 1. The number of nitrogens with zero attached hydrogens (tertiary/aromatic N) is 1. The van der Waals surface area contributed by atoms with E-state index in [0.717, 1.165) is 17.8 Å². The molecule has 0 aliphatic heterocycles. The monoisotopic (exact) mass is 607 g/mol. The number of hydrogen-bond donors (Lipinski definition) is 0. The molecule has 3 aliphatic carbocycles. The molecule has 1 heteroatoms. The second-order valence-electron chi connectivity index (χ2n) is 14.5. The molecule has 0 spiro atoms. The lowest BCUT2D eigenvalue weighted by atomic mass is 9.82. The van der Waals surface area contributed by atoms with Crippen molar-refractivity contribution in [1.82, 2.24) is 0 Å². The Morgan fingerprint density at radius 3 is 1.89 bits per heavy atom. The van der Waals surface area contributed by atoms with Gasteiger partial charge in [-0.05, 0) is 112 Å². The van der Waals surface area contributed by atoms with E-state index in [1.54, 1.807) is 0 Å². The van der Waals surface area contributed by atoms with Crippen molar-refractivity contribution < 1.29 is 0 Å². The van der Waals surface area contributed by atoms with Crippen LogP contribution in [-0.4, -0.2) is 0 Å². The second-order valence-corrected chi connectivity index (χ2v) is 14.5. The van der Waals surface area contributed by atoms with E-state index in [4.69, 9.17) is 0 Å². The molecule has 3 aliphatic rings. The predicted molar refractivity (Wildman–Crippen MR) is 198 cm³/mol. The number of fused-ring (bicyclic) bond motifs is 5. The number of hydrogen-bond acceptors (Lipinski definition) is 1. The normalized spacial score (nSPS) is 20.2. The summed E-state index contributed by atoms with van der Waals surface area (Å²) in [6, 6.07) is 54.3. The smallest absolute Gasteiger partial charge is 0.0540 e. The molecule has 2 saturated carbocycles. The molecule has 0 heterocycles. The standard InChI is InChI=1S/C46H41N/c1-46(2)43-18-10-8-16-39(43)40-27-26-36(30-44(40)46)47(35-24-22-33(23-25-35)42-29-31-20-21-34(42)28-31)45-19-11-9-17-41(45)38-15-7-6-14-37(38)32-12-4-3-5-13-32/h3-19,22-27,30-31,34,42H,20-21,28-29H2,1-2H3. The Kier molecular flexibility index (Phi) is 6.71. The third-order valence-electron chi connectivity index (χ3n) is 11.6. The quantitative estimate of drug-likeness (QED) is 0.182. The van der Waals surface area contributed by atoms with Gasteiger partial charge in [-0.25, -0.2) is 0 Å². The molecule has 6 aromatic carbocycles. The highest BCUT2D eigenvalue weighted by atomic mass is 15.1. The zero-order chi connectivity index (χ0) is 31.5. The van der Waals surface area contributed by atoms with Gasteiger partial charge in [0, 0.05) is 22.4 Å². The third kappa shape index (κ3) is 4.67. The van der Waals surface area contributed by atoms with Crippen LogP contribution in [0.1, 0.15) is 62.1 Å². The zero-order valence-corrected chi connectivity index (χ0v) is 27.4. The van der Waals surface area contributed by atoms with E-state index in [9.17, 15) is 0 Å². The van der Waals surface area contributed by atoms with Crippen LogP contribution in [0, 0.1) is 11.8 Å². The molecular formula is C46H41N. The maximum Gasteiger partial charge on any atom is 0.0540 e. The maximum absolute atomic E-state index is 2.50. The Bertz CT molecular complexity index is 2090. The minimum atomic E-state index is -0.0708. The van der Waals surface area contributed by atoms with Crippen LogP contribution in [0.3, 0.4) is 0 Å². The van der Waals surface area contributed by atoms with Crippen molar-refractivity contribution in [3.63, 3.8) is 0 Å². The van der Waals surface area contributed by atoms with Crippen molar-refractivity contribution in [2.45, 2.75) is 50.9 Å². The fraction of sp³-hybridized carbons (Fsp3) is 0.217. The third-order valence-corrected chi connectivity index (χ3v) is 11.6. The lowest BCUT2D eigenvalue weighted by Crippen LogP contribution is -2.17. The van der Waals surface area contributed by atoms with E-state index in [1.807, 2.05) is 0 Å². The first-order valence-electron chi connectivity index (χ1n) is 17.4. The zero-order valence-electron chi connectivity index (χ0n) is 27.4. The molecule has 6 aromatic rings. The first-order chi connectivity index (χ1) is 23.1. The van der Waals surface area contributed by atoms with Gasteiger partial charge in [-0.1, -0.05) is 136 Å². The molecule has 0 saturated heterocycles. The van der Waals surface area contributed by atoms with Crippen LogP contribution in [0.4, 0.5) is 17.1 Å². The van der Waals surface area contributed by atoms with Crippen molar-refractivity contribution in [3.8, 4) is 33.4 Å². The van der Waals surface area contributed by atoms with E-state index in [0.29, 0.717) is 0 Å². The molecule has 3 atom stereocenters. The molecular weight excluding hydrogens is 567 g/mol. The molecule has 9 rings (SSSR count). The molecule has 47 heavy (non-hydrogen) atoms. The van der Waals surface area contributed by atoms with E-state index >= 15 is 0 Å². The topological polar surface area (TPSA) is 3.24 Å². The van der Waals surface area contributed by atoms with E-state index < -0.39 is 0 Å². The highest BCUT2D eigenvalue weighted by Gasteiger charge is 2.40. The van der Waals surface area contributed by atoms with Crippen LogP contribution in [0.2, 0.25) is 0 Å². The van der Waals surface area contributed by atoms with Gasteiger partial charge in [0.25, 0.3) is 0 Å². The second kappa shape index (κ2) is 11.1. The summed E-state index contributed by atoms with van der Waals surface area (Å²) in [6.07, 6.45) is 5.64. The molecule has 3 unspecified atom stereocenters. The van der Waals surface area contributed by atoms with E-state index in [2.05, 4.69) is 164 Å². The van der Waals surface area contributed by atoms with Gasteiger partial charge < -0.3 is 4.90 Å². The van der Waals surface area contributed by atoms with Crippen LogP contribution in [0.5, 0.6) is 0 Å². The molecule has 0 aromatic heterocycles. The van der Waals surface area contributed by atoms with Gasteiger partial charge in [-0.3, -0.25) is 0 Å². The SMILES string of the molecule is CC1(C)c2ccccc2-c2ccc(N(c3ccc(C4CC5CCC4C5)cc3)c3ccccc3-c3ccccc3-c3ccccc3)cc21. The van der Waals surface area contributed by atoms with Crippen LogP contribution < -0.4 is 4.90 Å². The summed E-state index contributed by atoms with van der Waals surface area (Å²) < 4.78 is 0. The van der Waals surface area contributed by atoms with Gasteiger partial charge in [0.15, 0.2) is 0 Å². The summed E-state index contributed by atoms with van der Waals surface area (Å²) in [5.74, 6) is 2.54. The fourth-order valence-corrected chi connectivity index (χ4v) is 9.27. The van der Waals surface area contributed by atoms with Gasteiger partial charge in [0.1, 0.15) is 0 Å². The predicted octanol–water partition coefficient (Wildman–Crippen LogP) is 12.7. The first-order valence-corrected chi connectivity index (χ1v) is 17.4. The molecule has 2 fully saturated rings. The molecule has 230 valence electrons. The van der Waals surface area contributed by atoms with Crippen molar-refractivity contribution in [2.75, 3.05) is 4.90 Å². The van der Waals surface area contributed by atoms with Gasteiger partial charge in [-0.2, -0.15) is 0 Å². The minimum absolute atomic E-state index is 0.0708. The van der Waals surface area contributed by atoms with Gasteiger partial charge >= 0.3 is 0 Å². The average molecular weight is 608 g/mol. The van der Waals surface area contributed by atoms with Gasteiger partial charge in [0.2, 0.25) is 0 Å². The number of rotatable bonds is 6. The Balaban J connectivity index is 1.21. The van der Waals surface area contributed by atoms with Crippen molar-refractivity contribution in [2.24, 2.45) is 11.8 Å². The summed E-state index contributed by atoms with van der Waals surface area (Å²) in [6.45, 7) is 4.75. The molecule has 0 N–H and O–H groups in total. The Hall–Kier alpha value is -4.88. The van der Waals surface area contributed by atoms with Crippen LogP contribution in [-0.2, 0) is 5.41 Å². The van der Waals surface area contributed by atoms with Crippen molar-refractivity contribution in [1.29, 1.82) is 0 Å².